The quantitative estimate of drug-likeness (QED) is 0.160. The maximum atomic E-state index is 15.5. The normalized spacial score (nSPS) is 21.2. The molecule has 54 heavy (non-hydrogen) atoms. The fraction of sp³-hybridized carbons (Fsp3) is 0.122. The summed E-state index contributed by atoms with van der Waals surface area (Å²) in [6.45, 7) is 1.98. The van der Waals surface area contributed by atoms with E-state index in [-0.39, 0.29) is 17.7 Å². The molecule has 0 aromatic heterocycles. The molecule has 266 valence electrons. The number of rotatable bonds is 8. The highest BCUT2D eigenvalue weighted by Gasteiger charge is 2.48. The molecule has 0 bridgehead atoms. The molecule has 0 saturated heterocycles. The number of halogens is 2. The lowest BCUT2D eigenvalue weighted by atomic mass is 9.65. The summed E-state index contributed by atoms with van der Waals surface area (Å²) in [7, 11) is 0. The van der Waals surface area contributed by atoms with Gasteiger partial charge in [-0.15, -0.1) is 0 Å². The first-order valence-corrected chi connectivity index (χ1v) is 18.4. The molecule has 0 spiro atoms. The van der Waals surface area contributed by atoms with E-state index in [4.69, 9.17) is 11.1 Å². The van der Waals surface area contributed by atoms with Crippen molar-refractivity contribution < 1.29 is 8.78 Å². The standard InChI is InChI=1S/C49H41F2N3/c1-2-7-35-17-15-33(27-46(35)53)9-3-8-32-10-4-13-38(26-32)49(44-30-40(50)20-22-42(44)43-23-21-41(51)31-45(43)49)39-14-5-12-37(29-39)47-24-19-36-18-16-34(11-6-25-52)28-48(36)54-47/h2-20,22,24-26,28-31,47,52,54H,21,23,27,53H2,1H3/b7-2-,8-3+,11-6-,33-9-,52-25?. The Hall–Kier alpha value is -6.33. The fourth-order valence-corrected chi connectivity index (χ4v) is 8.32. The minimum atomic E-state index is -0.960. The Kier molecular flexibility index (Phi) is 9.39. The zero-order valence-corrected chi connectivity index (χ0v) is 30.1. The van der Waals surface area contributed by atoms with Gasteiger partial charge in [-0.1, -0.05) is 127 Å². The van der Waals surface area contributed by atoms with Gasteiger partial charge in [0.25, 0.3) is 0 Å². The minimum Gasteiger partial charge on any atom is -0.401 e. The molecule has 5 heteroatoms. The van der Waals surface area contributed by atoms with Crippen molar-refractivity contribution in [2.45, 2.75) is 37.6 Å². The maximum absolute atomic E-state index is 15.5. The highest BCUT2D eigenvalue weighted by atomic mass is 19.1. The van der Waals surface area contributed by atoms with Crippen molar-refractivity contribution in [3.05, 3.63) is 218 Å². The van der Waals surface area contributed by atoms with Crippen LogP contribution in [-0.2, 0) is 5.41 Å². The van der Waals surface area contributed by atoms with E-state index in [9.17, 15) is 0 Å². The predicted molar refractivity (Wildman–Crippen MR) is 221 cm³/mol. The second-order valence-corrected chi connectivity index (χ2v) is 14.1. The summed E-state index contributed by atoms with van der Waals surface area (Å²) in [6, 6.07) is 27.9. The Morgan fingerprint density at radius 2 is 1.65 bits per heavy atom. The van der Waals surface area contributed by atoms with Crippen LogP contribution < -0.4 is 11.1 Å². The Balaban J connectivity index is 1.24. The molecule has 8 rings (SSSR count). The topological polar surface area (TPSA) is 61.9 Å². The lowest BCUT2D eigenvalue weighted by Gasteiger charge is -2.36. The summed E-state index contributed by atoms with van der Waals surface area (Å²) >= 11 is 0. The predicted octanol–water partition coefficient (Wildman–Crippen LogP) is 12.1. The number of allylic oxidation sites excluding steroid dienone is 13. The third-order valence-electron chi connectivity index (χ3n) is 10.8. The maximum Gasteiger partial charge on any atom is 0.123 e. The van der Waals surface area contributed by atoms with Gasteiger partial charge >= 0.3 is 0 Å². The number of nitrogens with two attached hydrogens (primary N) is 1. The first-order valence-electron chi connectivity index (χ1n) is 18.4. The van der Waals surface area contributed by atoms with Crippen molar-refractivity contribution in [3.63, 3.8) is 0 Å². The first kappa shape index (κ1) is 34.7. The van der Waals surface area contributed by atoms with E-state index < -0.39 is 5.41 Å². The molecule has 0 radical (unpaired) electrons. The Morgan fingerprint density at radius 3 is 2.48 bits per heavy atom. The molecule has 4 aromatic carbocycles. The van der Waals surface area contributed by atoms with E-state index in [1.165, 1.54) is 12.3 Å². The van der Waals surface area contributed by atoms with Crippen molar-refractivity contribution >= 4 is 35.7 Å². The second-order valence-electron chi connectivity index (χ2n) is 14.1. The van der Waals surface area contributed by atoms with Crippen LogP contribution in [0.25, 0.3) is 23.8 Å². The van der Waals surface area contributed by atoms with Gasteiger partial charge in [-0.25, -0.2) is 8.78 Å². The van der Waals surface area contributed by atoms with Gasteiger partial charge in [0, 0.05) is 30.4 Å². The van der Waals surface area contributed by atoms with E-state index in [1.54, 1.807) is 18.2 Å². The zero-order valence-electron chi connectivity index (χ0n) is 30.1. The van der Waals surface area contributed by atoms with Crippen LogP contribution in [0.5, 0.6) is 0 Å². The summed E-state index contributed by atoms with van der Waals surface area (Å²) in [4.78, 5) is 0. The third-order valence-corrected chi connectivity index (χ3v) is 10.8. The van der Waals surface area contributed by atoms with E-state index in [1.807, 2.05) is 55.5 Å². The van der Waals surface area contributed by atoms with Crippen molar-refractivity contribution in [1.29, 1.82) is 5.41 Å². The number of fused-ring (bicyclic) bond motifs is 3. The molecule has 1 aliphatic heterocycles. The van der Waals surface area contributed by atoms with Gasteiger partial charge in [-0.2, -0.15) is 0 Å². The lowest BCUT2D eigenvalue weighted by molar-refractivity contribution is 0.583. The number of benzene rings is 4. The average molecular weight is 710 g/mol. The lowest BCUT2D eigenvalue weighted by Crippen LogP contribution is -2.30. The van der Waals surface area contributed by atoms with Crippen LogP contribution in [0.15, 0.2) is 168 Å². The van der Waals surface area contributed by atoms with Crippen LogP contribution in [0.3, 0.4) is 0 Å². The Bertz CT molecular complexity index is 2470. The van der Waals surface area contributed by atoms with E-state index in [2.05, 4.69) is 90.3 Å². The molecule has 4 aliphatic rings. The number of hydrogen-bond acceptors (Lipinski definition) is 3. The van der Waals surface area contributed by atoms with Gasteiger partial charge in [0.15, 0.2) is 0 Å². The van der Waals surface area contributed by atoms with E-state index >= 15 is 8.78 Å². The zero-order chi connectivity index (χ0) is 37.2. The molecule has 0 saturated carbocycles. The summed E-state index contributed by atoms with van der Waals surface area (Å²) in [5.74, 6) is -0.493. The van der Waals surface area contributed by atoms with Crippen LogP contribution in [0, 0.1) is 11.2 Å². The van der Waals surface area contributed by atoms with Gasteiger partial charge in [0.1, 0.15) is 11.6 Å². The molecule has 4 aromatic rings. The molecule has 2 unspecified atom stereocenters. The summed E-state index contributed by atoms with van der Waals surface area (Å²) in [5.41, 5.74) is 19.1. The van der Waals surface area contributed by atoms with Crippen LogP contribution in [0.1, 0.15) is 76.7 Å². The molecule has 0 fully saturated rings. The van der Waals surface area contributed by atoms with Gasteiger partial charge < -0.3 is 16.5 Å². The van der Waals surface area contributed by atoms with Gasteiger partial charge in [0.05, 0.1) is 11.5 Å². The average Bonchev–Trinajstić information content (AvgIpc) is 3.47. The number of nitrogens with one attached hydrogen (secondary N) is 2. The molecule has 0 amide bonds. The highest BCUT2D eigenvalue weighted by molar-refractivity contribution is 5.89. The van der Waals surface area contributed by atoms with Gasteiger partial charge in [-0.05, 0) is 110 Å². The van der Waals surface area contributed by atoms with Crippen LogP contribution in [0.2, 0.25) is 0 Å². The van der Waals surface area contributed by atoms with Gasteiger partial charge in [0.2, 0.25) is 0 Å². The molecular weight excluding hydrogens is 669 g/mol. The van der Waals surface area contributed by atoms with Crippen LogP contribution >= 0.6 is 0 Å². The second kappa shape index (κ2) is 14.6. The largest absolute Gasteiger partial charge is 0.401 e. The Morgan fingerprint density at radius 1 is 0.833 bits per heavy atom. The van der Waals surface area contributed by atoms with E-state index in [0.717, 1.165) is 78.2 Å². The number of anilines is 1. The monoisotopic (exact) mass is 709 g/mol. The first-order chi connectivity index (χ1) is 26.4. The molecule has 3 aliphatic carbocycles. The number of hydrogen-bond donors (Lipinski definition) is 3. The highest BCUT2D eigenvalue weighted by Crippen LogP contribution is 2.58. The fourth-order valence-electron chi connectivity index (χ4n) is 8.32. The van der Waals surface area contributed by atoms with Crippen LogP contribution in [-0.4, -0.2) is 6.21 Å². The molecular formula is C49H41F2N3. The summed E-state index contributed by atoms with van der Waals surface area (Å²) in [5, 5.41) is 11.1. The van der Waals surface area contributed by atoms with Crippen molar-refractivity contribution in [2.24, 2.45) is 5.73 Å². The SMILES string of the molecule is C/C=C\C1=C(N)C/C(=C\C=C\c2cccc(C3(c4cccc(C5C=Cc6ccc(/C=C\C=N)cc6N5)c4)C4=C(CCC(F)=C4)c4ccc(F)cc43)c2)C=C1. The van der Waals surface area contributed by atoms with Crippen molar-refractivity contribution in [3.8, 4) is 0 Å². The minimum absolute atomic E-state index is 0.133. The third kappa shape index (κ3) is 6.36. The summed E-state index contributed by atoms with van der Waals surface area (Å²) in [6.07, 6.45) is 26.8. The molecule has 2 atom stereocenters. The van der Waals surface area contributed by atoms with Crippen LogP contribution in [0.4, 0.5) is 14.5 Å². The van der Waals surface area contributed by atoms with Gasteiger partial charge in [-0.3, -0.25) is 0 Å². The van der Waals surface area contributed by atoms with Crippen molar-refractivity contribution in [2.75, 3.05) is 5.32 Å². The van der Waals surface area contributed by atoms with Crippen molar-refractivity contribution in [1.82, 2.24) is 0 Å². The smallest absolute Gasteiger partial charge is 0.123 e. The molecule has 3 nitrogen and oxygen atoms in total. The Labute approximate surface area is 315 Å². The molecule has 4 N–H and O–H groups in total. The molecule has 1 heterocycles. The summed E-state index contributed by atoms with van der Waals surface area (Å²) < 4.78 is 31.0. The van der Waals surface area contributed by atoms with E-state index in [0.29, 0.717) is 19.3 Å².